The number of nitrogens with two attached hydrogens (primary N) is 1. The second-order valence-electron chi connectivity index (χ2n) is 15.2. The molecule has 4 rings (SSSR count). The molecule has 2 aromatic rings. The van der Waals surface area contributed by atoms with Crippen LogP contribution in [0.5, 0.6) is 0 Å². The molecule has 2 aromatic heterocycles. The van der Waals surface area contributed by atoms with Gasteiger partial charge in [-0.1, -0.05) is 39.5 Å². The van der Waals surface area contributed by atoms with Crippen LogP contribution in [-0.2, 0) is 34.9 Å². The maximum Gasteiger partial charge on any atom is 0.326 e. The molecule has 0 aliphatic heterocycles. The predicted octanol–water partition coefficient (Wildman–Crippen LogP) is 6.04. The SMILES string of the molecule is C[C@H](Cn1cnc2c(N)ccnc21)OCP(=O)(NC(C)(C)C(=O)OC[C@H]1CC[C@H](C)CC1)NC(C)(C)C(=O)OC[C@H]1CC[C@H](C)CC1. The predicted molar refractivity (Wildman–Crippen MR) is 184 cm³/mol. The Bertz CT molecular complexity index is 1340. The lowest BCUT2D eigenvalue weighted by Gasteiger charge is -2.36. The number of ether oxygens (including phenoxy) is 3. The molecule has 2 heterocycles. The van der Waals surface area contributed by atoms with Gasteiger partial charge in [-0.3, -0.25) is 14.2 Å². The Morgan fingerprint density at radius 2 is 1.40 bits per heavy atom. The molecule has 1 atom stereocenters. The zero-order chi connectivity index (χ0) is 34.4. The first-order valence-electron chi connectivity index (χ1n) is 17.3. The summed E-state index contributed by atoms with van der Waals surface area (Å²) in [5.41, 5.74) is 5.12. The number of imidazole rings is 1. The minimum absolute atomic E-state index is 0.301. The molecule has 2 aliphatic carbocycles. The fourth-order valence-electron chi connectivity index (χ4n) is 6.50. The molecule has 13 heteroatoms. The van der Waals surface area contributed by atoms with E-state index in [9.17, 15) is 14.2 Å². The quantitative estimate of drug-likeness (QED) is 0.149. The maximum atomic E-state index is 14.7. The monoisotopic (exact) mass is 676 g/mol. The van der Waals surface area contributed by atoms with Crippen LogP contribution in [0.3, 0.4) is 0 Å². The number of carbonyl (C=O) groups excluding carboxylic acids is 2. The summed E-state index contributed by atoms with van der Waals surface area (Å²) in [6, 6.07) is 1.69. The number of hydrogen-bond donors (Lipinski definition) is 3. The van der Waals surface area contributed by atoms with E-state index in [1.54, 1.807) is 46.3 Å². The van der Waals surface area contributed by atoms with Crippen molar-refractivity contribution in [1.82, 2.24) is 24.7 Å². The van der Waals surface area contributed by atoms with E-state index >= 15 is 0 Å². The van der Waals surface area contributed by atoms with Gasteiger partial charge in [0, 0.05) is 6.20 Å². The van der Waals surface area contributed by atoms with Gasteiger partial charge in [-0.25, -0.2) is 20.1 Å². The summed E-state index contributed by atoms with van der Waals surface area (Å²) in [6.07, 6.45) is 11.1. The first kappa shape index (κ1) is 37.3. The molecule has 264 valence electrons. The van der Waals surface area contributed by atoms with E-state index in [0.717, 1.165) is 51.4 Å². The number of aromatic nitrogens is 3. The summed E-state index contributed by atoms with van der Waals surface area (Å²) in [5, 5.41) is 6.05. The number of fused-ring (bicyclic) bond motifs is 1. The van der Waals surface area contributed by atoms with Gasteiger partial charge in [0.1, 0.15) is 22.9 Å². The first-order chi connectivity index (χ1) is 22.1. The fraction of sp³-hybridized carbons (Fsp3) is 0.765. The van der Waals surface area contributed by atoms with Crippen LogP contribution in [0.4, 0.5) is 5.69 Å². The van der Waals surface area contributed by atoms with Crippen molar-refractivity contribution < 1.29 is 28.4 Å². The number of esters is 2. The Kier molecular flexibility index (Phi) is 12.5. The van der Waals surface area contributed by atoms with Gasteiger partial charge in [0.2, 0.25) is 7.44 Å². The van der Waals surface area contributed by atoms with Crippen molar-refractivity contribution in [2.75, 3.05) is 25.3 Å². The second kappa shape index (κ2) is 15.8. The standard InChI is InChI=1S/C34H57N6O6P/c1-23-8-12-26(13-9-23)19-44-31(41)33(4,5)38-47(43,39-34(6,7)32(42)45-20-27-14-10-24(2)11-15-27)22-46-25(3)18-40-21-37-29-28(35)16-17-36-30(29)40/h16-17,21,23-27H,8-15,18-20,22H2,1-7H3,(H2,35,36)(H2,38,39,43)/t23-,24-,25-,26-,27-/m1/s1. The number of nitrogen functional groups attached to an aromatic ring is 1. The third-order valence-electron chi connectivity index (χ3n) is 9.64. The molecule has 12 nitrogen and oxygen atoms in total. The van der Waals surface area contributed by atoms with Gasteiger partial charge < -0.3 is 24.5 Å². The molecule has 2 saturated carbocycles. The lowest BCUT2D eigenvalue weighted by Crippen LogP contribution is -2.54. The summed E-state index contributed by atoms with van der Waals surface area (Å²) >= 11 is 0. The maximum absolute atomic E-state index is 14.7. The van der Waals surface area contributed by atoms with Crippen molar-refractivity contribution in [3.05, 3.63) is 18.6 Å². The number of nitrogens with zero attached hydrogens (tertiary/aromatic N) is 3. The van der Waals surface area contributed by atoms with Crippen molar-refractivity contribution in [3.63, 3.8) is 0 Å². The van der Waals surface area contributed by atoms with E-state index in [-0.39, 0.29) is 6.35 Å². The smallest absolute Gasteiger partial charge is 0.326 e. The molecular formula is C34H57N6O6P. The number of rotatable bonds is 15. The van der Waals surface area contributed by atoms with E-state index in [0.29, 0.717) is 60.3 Å². The van der Waals surface area contributed by atoms with Crippen LogP contribution in [0.15, 0.2) is 18.6 Å². The molecule has 2 fully saturated rings. The Morgan fingerprint density at radius 1 is 0.915 bits per heavy atom. The highest BCUT2D eigenvalue weighted by molar-refractivity contribution is 7.59. The second-order valence-corrected chi connectivity index (χ2v) is 17.4. The van der Waals surface area contributed by atoms with Crippen LogP contribution < -0.4 is 15.9 Å². The zero-order valence-electron chi connectivity index (χ0n) is 29.4. The van der Waals surface area contributed by atoms with Crippen LogP contribution in [0.2, 0.25) is 0 Å². The molecule has 0 saturated heterocycles. The number of nitrogens with one attached hydrogen (secondary N) is 2. The third kappa shape index (κ3) is 10.5. The Morgan fingerprint density at radius 3 is 1.89 bits per heavy atom. The molecule has 4 N–H and O–H groups in total. The molecule has 0 unspecified atom stereocenters. The summed E-state index contributed by atoms with van der Waals surface area (Å²) in [7, 11) is -3.78. The molecular weight excluding hydrogens is 619 g/mol. The lowest BCUT2D eigenvalue weighted by atomic mass is 9.83. The van der Waals surface area contributed by atoms with Gasteiger partial charge in [0.25, 0.3) is 0 Å². The number of pyridine rings is 1. The van der Waals surface area contributed by atoms with Crippen LogP contribution in [0.1, 0.15) is 99.8 Å². The summed E-state index contributed by atoms with van der Waals surface area (Å²) < 4.78 is 34.2. The Hall–Kier alpha value is -2.53. The van der Waals surface area contributed by atoms with Gasteiger partial charge in [0.05, 0.1) is 37.9 Å². The highest BCUT2D eigenvalue weighted by Gasteiger charge is 2.43. The minimum Gasteiger partial charge on any atom is -0.464 e. The van der Waals surface area contributed by atoms with Crippen molar-refractivity contribution in [2.24, 2.45) is 23.7 Å². The van der Waals surface area contributed by atoms with E-state index in [4.69, 9.17) is 19.9 Å². The molecule has 0 spiro atoms. The van der Waals surface area contributed by atoms with Gasteiger partial charge >= 0.3 is 11.9 Å². The first-order valence-corrected chi connectivity index (χ1v) is 19.2. The normalized spacial score (nSPS) is 23.4. The summed E-state index contributed by atoms with van der Waals surface area (Å²) in [5.74, 6) is 1.03. The highest BCUT2D eigenvalue weighted by Crippen LogP contribution is 2.42. The number of hydrogen-bond acceptors (Lipinski definition) is 9. The number of carbonyl (C=O) groups is 2. The molecule has 2 aliphatic rings. The molecule has 0 bridgehead atoms. The van der Waals surface area contributed by atoms with E-state index in [1.165, 1.54) is 0 Å². The zero-order valence-corrected chi connectivity index (χ0v) is 30.3. The summed E-state index contributed by atoms with van der Waals surface area (Å²) in [4.78, 5) is 35.5. The largest absolute Gasteiger partial charge is 0.464 e. The van der Waals surface area contributed by atoms with Crippen LogP contribution >= 0.6 is 7.44 Å². The fourth-order valence-corrected chi connectivity index (χ4v) is 9.14. The van der Waals surface area contributed by atoms with Crippen LogP contribution in [0, 0.1) is 23.7 Å². The number of anilines is 1. The summed E-state index contributed by atoms with van der Waals surface area (Å²) in [6.45, 7) is 13.9. The van der Waals surface area contributed by atoms with Crippen molar-refractivity contribution in [3.8, 4) is 0 Å². The van der Waals surface area contributed by atoms with Gasteiger partial charge in [-0.15, -0.1) is 0 Å². The van der Waals surface area contributed by atoms with E-state index in [2.05, 4.69) is 34.0 Å². The Balaban J connectivity index is 1.43. The third-order valence-corrected chi connectivity index (χ3v) is 12.0. The average Bonchev–Trinajstić information content (AvgIpc) is 3.42. The van der Waals surface area contributed by atoms with Crippen LogP contribution in [-0.4, -0.2) is 63.2 Å². The highest BCUT2D eigenvalue weighted by atomic mass is 31.2. The Labute approximate surface area is 280 Å². The average molecular weight is 677 g/mol. The van der Waals surface area contributed by atoms with E-state index in [1.807, 2.05) is 11.5 Å². The van der Waals surface area contributed by atoms with E-state index < -0.39 is 36.6 Å². The van der Waals surface area contributed by atoms with Gasteiger partial charge in [-0.2, -0.15) is 0 Å². The van der Waals surface area contributed by atoms with Crippen molar-refractivity contribution in [2.45, 2.75) is 124 Å². The lowest BCUT2D eigenvalue weighted by molar-refractivity contribution is -0.151. The minimum atomic E-state index is -3.78. The molecule has 0 amide bonds. The van der Waals surface area contributed by atoms with Crippen molar-refractivity contribution in [1.29, 1.82) is 0 Å². The van der Waals surface area contributed by atoms with Crippen LogP contribution in [0.25, 0.3) is 11.2 Å². The van der Waals surface area contributed by atoms with Gasteiger partial charge in [-0.05, 0) is 90.0 Å². The molecule has 0 radical (unpaired) electrons. The molecule has 0 aromatic carbocycles. The molecule has 47 heavy (non-hydrogen) atoms. The van der Waals surface area contributed by atoms with Gasteiger partial charge in [0.15, 0.2) is 5.65 Å². The topological polar surface area (TPSA) is 160 Å². The van der Waals surface area contributed by atoms with Crippen molar-refractivity contribution >= 4 is 36.2 Å².